The lowest BCUT2D eigenvalue weighted by molar-refractivity contribution is -0.130. The average molecular weight is 318 g/mol. The Hall–Kier alpha value is -2.11. The zero-order valence-corrected chi connectivity index (χ0v) is 13.6. The summed E-state index contributed by atoms with van der Waals surface area (Å²) in [7, 11) is 0. The zero-order valence-electron chi connectivity index (χ0n) is 13.6. The molecule has 6 heteroatoms. The molecule has 6 nitrogen and oxygen atoms in total. The average Bonchev–Trinajstić information content (AvgIpc) is 3.15. The minimum atomic E-state index is -0.553. The van der Waals surface area contributed by atoms with Crippen LogP contribution in [0.2, 0.25) is 0 Å². The summed E-state index contributed by atoms with van der Waals surface area (Å²) in [6.45, 7) is 5.37. The number of rotatable bonds is 0. The van der Waals surface area contributed by atoms with Crippen molar-refractivity contribution in [2.75, 3.05) is 0 Å². The minimum absolute atomic E-state index is 0.0858. The van der Waals surface area contributed by atoms with E-state index in [9.17, 15) is 14.4 Å². The van der Waals surface area contributed by atoms with Gasteiger partial charge in [-0.1, -0.05) is 24.3 Å². The van der Waals surface area contributed by atoms with Crippen LogP contribution < -0.4 is 5.32 Å². The van der Waals surface area contributed by atoms with Crippen LogP contribution in [0.25, 0.3) is 0 Å². The van der Waals surface area contributed by atoms with Gasteiger partial charge >= 0.3 is 6.09 Å². The number of fused-ring (bicyclic) bond motifs is 4. The van der Waals surface area contributed by atoms with Crippen molar-refractivity contribution < 1.29 is 19.1 Å². The zero-order chi connectivity index (χ0) is 16.8. The minimum Gasteiger partial charge on any atom is -0.443 e. The van der Waals surface area contributed by atoms with Crippen LogP contribution in [0.3, 0.4) is 0 Å². The Kier molecular flexibility index (Phi) is 3.78. The van der Waals surface area contributed by atoms with Crippen molar-refractivity contribution >= 4 is 17.9 Å². The molecule has 0 radical (unpaired) electrons. The van der Waals surface area contributed by atoms with E-state index in [4.69, 9.17) is 4.74 Å². The molecule has 2 aliphatic heterocycles. The van der Waals surface area contributed by atoms with E-state index < -0.39 is 11.7 Å². The Morgan fingerprint density at radius 2 is 1.83 bits per heavy atom. The summed E-state index contributed by atoms with van der Waals surface area (Å²) in [5.41, 5.74) is -0.553. The number of carbonyl (C=O) groups is 3. The standard InChI is InChI=1S/C11H15NO3.C6H7NO/c1-11(2,3)15-10(14)12-8-5-4-7(6-8)9(12)13;8-6-4-1-2-5(3-4)7-6/h4-5,7-8H,6H2,1-3H3;1-2,4-5H,3H2,(H,7,8). The van der Waals surface area contributed by atoms with Crippen LogP contribution in [-0.2, 0) is 14.3 Å². The number of amides is 3. The van der Waals surface area contributed by atoms with Crippen LogP contribution in [0, 0.1) is 11.8 Å². The fourth-order valence-electron chi connectivity index (χ4n) is 3.22. The molecule has 4 aliphatic rings. The van der Waals surface area contributed by atoms with Gasteiger partial charge in [0.1, 0.15) is 5.60 Å². The number of nitrogens with zero attached hydrogens (tertiary/aromatic N) is 1. The highest BCUT2D eigenvalue weighted by atomic mass is 16.6. The summed E-state index contributed by atoms with van der Waals surface area (Å²) in [4.78, 5) is 35.3. The van der Waals surface area contributed by atoms with Gasteiger partial charge in [-0.3, -0.25) is 9.59 Å². The highest BCUT2D eigenvalue weighted by Gasteiger charge is 2.45. The first kappa shape index (κ1) is 15.8. The number of imide groups is 1. The number of ether oxygens (including phenoxy) is 1. The molecule has 0 aromatic rings. The van der Waals surface area contributed by atoms with Crippen molar-refractivity contribution in [2.24, 2.45) is 11.8 Å². The summed E-state index contributed by atoms with van der Waals surface area (Å²) in [6, 6.07) is 0.282. The van der Waals surface area contributed by atoms with Gasteiger partial charge < -0.3 is 10.1 Å². The van der Waals surface area contributed by atoms with Crippen LogP contribution >= 0.6 is 0 Å². The number of hydrogen-bond acceptors (Lipinski definition) is 4. The Morgan fingerprint density at radius 1 is 1.13 bits per heavy atom. The van der Waals surface area contributed by atoms with E-state index in [1.165, 1.54) is 4.90 Å². The summed E-state index contributed by atoms with van der Waals surface area (Å²) in [5, 5.41) is 2.83. The fraction of sp³-hybridized carbons (Fsp3) is 0.588. The number of hydrogen-bond donors (Lipinski definition) is 1. The molecule has 3 amide bonds. The molecule has 0 aromatic heterocycles. The van der Waals surface area contributed by atoms with E-state index in [0.29, 0.717) is 6.04 Å². The first-order valence-corrected chi connectivity index (χ1v) is 7.98. The predicted molar refractivity (Wildman–Crippen MR) is 83.3 cm³/mol. The lowest BCUT2D eigenvalue weighted by Crippen LogP contribution is -2.43. The number of likely N-dealkylation sites (tertiary alicyclic amines) is 1. The summed E-state index contributed by atoms with van der Waals surface area (Å²) in [6.07, 6.45) is 9.01. The predicted octanol–water partition coefficient (Wildman–Crippen LogP) is 1.77. The lowest BCUT2D eigenvalue weighted by Gasteiger charge is -2.26. The van der Waals surface area contributed by atoms with Gasteiger partial charge in [-0.05, 0) is 33.6 Å². The van der Waals surface area contributed by atoms with Crippen molar-refractivity contribution in [3.05, 3.63) is 24.3 Å². The van der Waals surface area contributed by atoms with E-state index in [-0.39, 0.29) is 29.7 Å². The number of nitrogens with one attached hydrogen (secondary N) is 1. The van der Waals surface area contributed by atoms with Gasteiger partial charge in [0.05, 0.1) is 17.9 Å². The van der Waals surface area contributed by atoms with Crippen molar-refractivity contribution in [2.45, 2.75) is 51.3 Å². The fourth-order valence-corrected chi connectivity index (χ4v) is 3.22. The van der Waals surface area contributed by atoms with Crippen LogP contribution in [0.5, 0.6) is 0 Å². The second kappa shape index (κ2) is 5.51. The Balaban J connectivity index is 0.000000162. The largest absolute Gasteiger partial charge is 0.443 e. The normalized spacial score (nSPS) is 32.9. The first-order valence-electron chi connectivity index (χ1n) is 7.98. The topological polar surface area (TPSA) is 75.7 Å². The smallest absolute Gasteiger partial charge is 0.417 e. The molecule has 1 N–H and O–H groups in total. The summed E-state index contributed by atoms with van der Waals surface area (Å²) >= 11 is 0. The van der Waals surface area contributed by atoms with E-state index >= 15 is 0 Å². The summed E-state index contributed by atoms with van der Waals surface area (Å²) < 4.78 is 5.18. The van der Waals surface area contributed by atoms with Gasteiger partial charge in [0, 0.05) is 6.04 Å². The van der Waals surface area contributed by atoms with Crippen LogP contribution in [0.4, 0.5) is 4.79 Å². The number of carbonyl (C=O) groups excluding carboxylic acids is 3. The highest BCUT2D eigenvalue weighted by Crippen LogP contribution is 2.33. The molecule has 2 fully saturated rings. The monoisotopic (exact) mass is 318 g/mol. The third-order valence-electron chi connectivity index (χ3n) is 4.29. The third-order valence-corrected chi connectivity index (χ3v) is 4.29. The van der Waals surface area contributed by atoms with Crippen molar-refractivity contribution in [1.29, 1.82) is 0 Å². The Morgan fingerprint density at radius 3 is 2.22 bits per heavy atom. The van der Waals surface area contributed by atoms with Gasteiger partial charge in [0.25, 0.3) is 0 Å². The van der Waals surface area contributed by atoms with Gasteiger partial charge in [-0.25, -0.2) is 9.69 Å². The molecule has 4 bridgehead atoms. The molecule has 124 valence electrons. The van der Waals surface area contributed by atoms with Gasteiger partial charge in [0.15, 0.2) is 0 Å². The van der Waals surface area contributed by atoms with Gasteiger partial charge in [-0.2, -0.15) is 0 Å². The molecular formula is C17H22N2O4. The van der Waals surface area contributed by atoms with Gasteiger partial charge in [0.2, 0.25) is 11.8 Å². The maximum atomic E-state index is 11.7. The van der Waals surface area contributed by atoms with E-state index in [1.807, 2.05) is 18.2 Å². The molecule has 23 heavy (non-hydrogen) atoms. The Labute approximate surface area is 135 Å². The maximum Gasteiger partial charge on any atom is 0.417 e. The lowest BCUT2D eigenvalue weighted by atomic mass is 10.1. The SMILES string of the molecule is CC(C)(C)OC(=O)N1C(=O)C2C=CC1C2.O=C1NC2C=CC1C2. The molecular weight excluding hydrogens is 296 g/mol. The second-order valence-corrected chi connectivity index (χ2v) is 7.33. The van der Waals surface area contributed by atoms with Gasteiger partial charge in [-0.15, -0.1) is 0 Å². The van der Waals surface area contributed by atoms with Crippen molar-refractivity contribution in [1.82, 2.24) is 10.2 Å². The molecule has 2 aliphatic carbocycles. The van der Waals surface area contributed by atoms with Crippen LogP contribution in [0.15, 0.2) is 24.3 Å². The van der Waals surface area contributed by atoms with E-state index in [2.05, 4.69) is 11.4 Å². The van der Waals surface area contributed by atoms with Crippen LogP contribution in [-0.4, -0.2) is 40.5 Å². The van der Waals surface area contributed by atoms with Crippen molar-refractivity contribution in [3.8, 4) is 0 Å². The molecule has 2 saturated heterocycles. The molecule has 4 atom stereocenters. The quantitative estimate of drug-likeness (QED) is 0.691. The summed E-state index contributed by atoms with van der Waals surface area (Å²) in [5.74, 6) is 0.178. The first-order chi connectivity index (χ1) is 10.7. The maximum absolute atomic E-state index is 11.7. The molecule has 4 rings (SSSR count). The van der Waals surface area contributed by atoms with E-state index in [1.54, 1.807) is 20.8 Å². The second-order valence-electron chi connectivity index (χ2n) is 7.33. The molecule has 0 spiro atoms. The molecule has 0 saturated carbocycles. The van der Waals surface area contributed by atoms with E-state index in [0.717, 1.165) is 12.8 Å². The van der Waals surface area contributed by atoms with Crippen LogP contribution in [0.1, 0.15) is 33.6 Å². The third kappa shape index (κ3) is 3.16. The molecule has 0 aromatic carbocycles. The highest BCUT2D eigenvalue weighted by molar-refractivity contribution is 5.98. The van der Waals surface area contributed by atoms with Crippen molar-refractivity contribution in [3.63, 3.8) is 0 Å². The molecule has 2 heterocycles. The Bertz CT molecular complexity index is 602. The molecule has 4 unspecified atom stereocenters.